The third kappa shape index (κ3) is 4.39. The summed E-state index contributed by atoms with van der Waals surface area (Å²) in [5.41, 5.74) is 1.64. The van der Waals surface area contributed by atoms with Crippen molar-refractivity contribution >= 4 is 23.7 Å². The number of rotatable bonds is 6. The van der Waals surface area contributed by atoms with Crippen molar-refractivity contribution in [2.75, 3.05) is 18.7 Å². The number of ether oxygens (including phenoxy) is 1. The fourth-order valence-electron chi connectivity index (χ4n) is 2.24. The molecule has 0 unspecified atom stereocenters. The van der Waals surface area contributed by atoms with Crippen molar-refractivity contribution in [3.63, 3.8) is 0 Å². The molecule has 0 fully saturated rings. The van der Waals surface area contributed by atoms with Gasteiger partial charge in [0, 0.05) is 10.5 Å². The van der Waals surface area contributed by atoms with Crippen molar-refractivity contribution in [1.82, 2.24) is 10.2 Å². The van der Waals surface area contributed by atoms with Crippen LogP contribution < -0.4 is 10.1 Å². The second-order valence-electron chi connectivity index (χ2n) is 5.22. The minimum atomic E-state index is -0.210. The summed E-state index contributed by atoms with van der Waals surface area (Å²) < 4.78 is 10.7. The summed E-state index contributed by atoms with van der Waals surface area (Å²) in [7, 11) is 1.59. The van der Waals surface area contributed by atoms with Gasteiger partial charge in [0.15, 0.2) is 0 Å². The molecule has 1 heterocycles. The van der Waals surface area contributed by atoms with Crippen molar-refractivity contribution in [2.45, 2.75) is 11.3 Å². The number of thioether (sulfide) groups is 1. The normalized spacial score (nSPS) is 10.5. The molecule has 25 heavy (non-hydrogen) atoms. The molecule has 0 saturated heterocycles. The summed E-state index contributed by atoms with van der Waals surface area (Å²) in [5.74, 6) is 0.797. The van der Waals surface area contributed by atoms with Gasteiger partial charge in [0.2, 0.25) is 11.8 Å². The van der Waals surface area contributed by atoms with E-state index in [1.807, 2.05) is 48.7 Å². The number of methoxy groups -OCH3 is 1. The summed E-state index contributed by atoms with van der Waals surface area (Å²) in [4.78, 5) is 13.3. The van der Waals surface area contributed by atoms with Crippen LogP contribution in [0.4, 0.5) is 6.01 Å². The van der Waals surface area contributed by atoms with Gasteiger partial charge in [-0.15, -0.1) is 16.9 Å². The van der Waals surface area contributed by atoms with Crippen molar-refractivity contribution in [3.8, 4) is 17.2 Å². The van der Waals surface area contributed by atoms with E-state index in [0.29, 0.717) is 11.6 Å². The first-order valence-electron chi connectivity index (χ1n) is 7.58. The molecule has 6 nitrogen and oxygen atoms in total. The van der Waals surface area contributed by atoms with E-state index in [2.05, 4.69) is 15.5 Å². The largest absolute Gasteiger partial charge is 0.497 e. The van der Waals surface area contributed by atoms with E-state index in [1.165, 1.54) is 0 Å². The highest BCUT2D eigenvalue weighted by Gasteiger charge is 2.12. The Labute approximate surface area is 149 Å². The molecule has 1 aromatic heterocycles. The molecule has 0 radical (unpaired) electrons. The van der Waals surface area contributed by atoms with Gasteiger partial charge in [0.1, 0.15) is 5.75 Å². The fraction of sp³-hybridized carbons (Fsp3) is 0.167. The van der Waals surface area contributed by atoms with Crippen LogP contribution in [0.3, 0.4) is 0 Å². The maximum atomic E-state index is 12.1. The number of hydrogen-bond donors (Lipinski definition) is 1. The highest BCUT2D eigenvalue weighted by Crippen LogP contribution is 2.24. The number of amides is 1. The molecule has 0 bridgehead atoms. The SMILES string of the molecule is COc1cccc(-c2nnc(NC(=O)Cc3ccc(SC)cc3)o2)c1. The van der Waals surface area contributed by atoms with E-state index in [4.69, 9.17) is 9.15 Å². The van der Waals surface area contributed by atoms with Crippen LogP contribution in [0.2, 0.25) is 0 Å². The van der Waals surface area contributed by atoms with Gasteiger partial charge in [-0.3, -0.25) is 10.1 Å². The highest BCUT2D eigenvalue weighted by atomic mass is 32.2. The molecular formula is C18H17N3O3S. The van der Waals surface area contributed by atoms with Crippen molar-refractivity contribution in [3.05, 3.63) is 54.1 Å². The lowest BCUT2D eigenvalue weighted by atomic mass is 10.1. The summed E-state index contributed by atoms with van der Waals surface area (Å²) >= 11 is 1.66. The number of nitrogens with zero attached hydrogens (tertiary/aromatic N) is 2. The molecule has 3 aromatic rings. The van der Waals surface area contributed by atoms with Gasteiger partial charge in [-0.25, -0.2) is 0 Å². The minimum absolute atomic E-state index is 0.0727. The minimum Gasteiger partial charge on any atom is -0.497 e. The van der Waals surface area contributed by atoms with Gasteiger partial charge in [-0.2, -0.15) is 0 Å². The predicted molar refractivity (Wildman–Crippen MR) is 96.8 cm³/mol. The maximum absolute atomic E-state index is 12.1. The maximum Gasteiger partial charge on any atom is 0.322 e. The zero-order valence-corrected chi connectivity index (χ0v) is 14.7. The summed E-state index contributed by atoms with van der Waals surface area (Å²) in [5, 5.41) is 10.4. The molecule has 3 rings (SSSR count). The summed E-state index contributed by atoms with van der Waals surface area (Å²) in [6, 6.07) is 15.2. The Balaban J connectivity index is 1.64. The van der Waals surface area contributed by atoms with E-state index < -0.39 is 0 Å². The Morgan fingerprint density at radius 2 is 2.00 bits per heavy atom. The average Bonchev–Trinajstić information content (AvgIpc) is 3.10. The van der Waals surface area contributed by atoms with Gasteiger partial charge < -0.3 is 9.15 Å². The number of benzene rings is 2. The molecule has 0 spiro atoms. The molecule has 0 aliphatic rings. The van der Waals surface area contributed by atoms with Crippen molar-refractivity contribution in [1.29, 1.82) is 0 Å². The van der Waals surface area contributed by atoms with E-state index in [0.717, 1.165) is 16.0 Å². The van der Waals surface area contributed by atoms with Crippen LogP contribution in [0.1, 0.15) is 5.56 Å². The first kappa shape index (κ1) is 17.0. The second-order valence-corrected chi connectivity index (χ2v) is 6.10. The predicted octanol–water partition coefficient (Wildman–Crippen LogP) is 3.65. The van der Waals surface area contributed by atoms with E-state index in [1.54, 1.807) is 24.9 Å². The first-order valence-corrected chi connectivity index (χ1v) is 8.81. The van der Waals surface area contributed by atoms with Crippen LogP contribution in [0.15, 0.2) is 57.8 Å². The molecular weight excluding hydrogens is 338 g/mol. The summed E-state index contributed by atoms with van der Waals surface area (Å²) in [6.45, 7) is 0. The molecule has 2 aromatic carbocycles. The van der Waals surface area contributed by atoms with Crippen LogP contribution in [-0.2, 0) is 11.2 Å². The molecule has 128 valence electrons. The number of hydrogen-bond acceptors (Lipinski definition) is 6. The molecule has 1 amide bonds. The molecule has 1 N–H and O–H groups in total. The zero-order valence-electron chi connectivity index (χ0n) is 13.9. The molecule has 7 heteroatoms. The monoisotopic (exact) mass is 355 g/mol. The third-order valence-electron chi connectivity index (χ3n) is 3.51. The molecule has 0 aliphatic heterocycles. The Kier molecular flexibility index (Phi) is 5.35. The molecule has 0 atom stereocenters. The number of nitrogens with one attached hydrogen (secondary N) is 1. The van der Waals surface area contributed by atoms with Gasteiger partial charge in [0.05, 0.1) is 13.5 Å². The van der Waals surface area contributed by atoms with Crippen LogP contribution in [0.25, 0.3) is 11.5 Å². The van der Waals surface area contributed by atoms with Crippen LogP contribution in [0, 0.1) is 0 Å². The van der Waals surface area contributed by atoms with Gasteiger partial charge >= 0.3 is 6.01 Å². The number of anilines is 1. The van der Waals surface area contributed by atoms with Gasteiger partial charge in [-0.1, -0.05) is 23.3 Å². The number of carbonyl (C=O) groups is 1. The number of aromatic nitrogens is 2. The zero-order chi connectivity index (χ0) is 17.6. The van der Waals surface area contributed by atoms with E-state index >= 15 is 0 Å². The Morgan fingerprint density at radius 3 is 2.72 bits per heavy atom. The first-order chi connectivity index (χ1) is 12.2. The van der Waals surface area contributed by atoms with Crippen LogP contribution in [-0.4, -0.2) is 29.5 Å². The Hall–Kier alpha value is -2.80. The van der Waals surface area contributed by atoms with E-state index in [-0.39, 0.29) is 18.3 Å². The Bertz CT molecular complexity index is 862. The summed E-state index contributed by atoms with van der Waals surface area (Å²) in [6.07, 6.45) is 2.25. The lowest BCUT2D eigenvalue weighted by molar-refractivity contribution is -0.115. The fourth-order valence-corrected chi connectivity index (χ4v) is 2.65. The van der Waals surface area contributed by atoms with E-state index in [9.17, 15) is 4.79 Å². The second kappa shape index (κ2) is 7.85. The van der Waals surface area contributed by atoms with Gasteiger partial charge in [-0.05, 0) is 42.2 Å². The lowest BCUT2D eigenvalue weighted by Gasteiger charge is -2.02. The highest BCUT2D eigenvalue weighted by molar-refractivity contribution is 7.98. The van der Waals surface area contributed by atoms with Crippen LogP contribution >= 0.6 is 11.8 Å². The molecule has 0 aliphatic carbocycles. The lowest BCUT2D eigenvalue weighted by Crippen LogP contribution is -2.14. The van der Waals surface area contributed by atoms with Crippen LogP contribution in [0.5, 0.6) is 5.75 Å². The standard InChI is InChI=1S/C18H17N3O3S/c1-23-14-5-3-4-13(11-14)17-20-21-18(24-17)19-16(22)10-12-6-8-15(25-2)9-7-12/h3-9,11H,10H2,1-2H3,(H,19,21,22). The smallest absolute Gasteiger partial charge is 0.322 e. The average molecular weight is 355 g/mol. The quantitative estimate of drug-likeness (QED) is 0.680. The molecule has 0 saturated carbocycles. The topological polar surface area (TPSA) is 77.3 Å². The number of carbonyl (C=O) groups excluding carboxylic acids is 1. The Morgan fingerprint density at radius 1 is 1.20 bits per heavy atom. The van der Waals surface area contributed by atoms with Gasteiger partial charge in [0.25, 0.3) is 0 Å². The van der Waals surface area contributed by atoms with Crippen molar-refractivity contribution in [2.24, 2.45) is 0 Å². The van der Waals surface area contributed by atoms with Crippen molar-refractivity contribution < 1.29 is 13.9 Å². The third-order valence-corrected chi connectivity index (χ3v) is 4.26.